The van der Waals surface area contributed by atoms with Crippen molar-refractivity contribution in [1.29, 1.82) is 0 Å². The lowest BCUT2D eigenvalue weighted by atomic mass is 10.1. The van der Waals surface area contributed by atoms with Crippen LogP contribution in [0.3, 0.4) is 0 Å². The molecule has 1 amide bonds. The molecule has 0 saturated heterocycles. The number of halogens is 1. The maximum Gasteiger partial charge on any atom is 0.251 e. The number of hydrogen-bond donors (Lipinski definition) is 1. The van der Waals surface area contributed by atoms with Crippen LogP contribution in [0.25, 0.3) is 0 Å². The third-order valence-corrected chi connectivity index (χ3v) is 3.25. The molecule has 0 aromatic heterocycles. The van der Waals surface area contributed by atoms with E-state index in [1.54, 1.807) is 25.3 Å². The Bertz CT molecular complexity index is 446. The molecule has 19 heavy (non-hydrogen) atoms. The SMILES string of the molecule is COCC(CCBr)NC(=O)c1ccc2c(c1)OCO2. The Morgan fingerprint density at radius 3 is 3.00 bits per heavy atom. The van der Waals surface area contributed by atoms with E-state index in [0.717, 1.165) is 11.8 Å². The Balaban J connectivity index is 2.02. The van der Waals surface area contributed by atoms with E-state index in [4.69, 9.17) is 14.2 Å². The van der Waals surface area contributed by atoms with Gasteiger partial charge in [0.15, 0.2) is 11.5 Å². The molecule has 0 radical (unpaired) electrons. The van der Waals surface area contributed by atoms with Gasteiger partial charge in [-0.15, -0.1) is 0 Å². The Hall–Kier alpha value is -1.27. The molecule has 104 valence electrons. The third kappa shape index (κ3) is 3.61. The van der Waals surface area contributed by atoms with E-state index in [2.05, 4.69) is 21.2 Å². The molecule has 0 saturated carbocycles. The predicted molar refractivity (Wildman–Crippen MR) is 74.1 cm³/mol. The zero-order valence-corrected chi connectivity index (χ0v) is 12.2. The summed E-state index contributed by atoms with van der Waals surface area (Å²) in [5, 5.41) is 3.74. The van der Waals surface area contributed by atoms with Gasteiger partial charge in [0.05, 0.1) is 12.6 Å². The van der Waals surface area contributed by atoms with Crippen molar-refractivity contribution in [3.63, 3.8) is 0 Å². The van der Waals surface area contributed by atoms with Gasteiger partial charge in [-0.05, 0) is 24.6 Å². The molecule has 1 heterocycles. The van der Waals surface area contributed by atoms with Gasteiger partial charge < -0.3 is 19.5 Å². The van der Waals surface area contributed by atoms with Crippen molar-refractivity contribution in [3.8, 4) is 11.5 Å². The summed E-state index contributed by atoms with van der Waals surface area (Å²) in [6.45, 7) is 0.693. The molecule has 0 spiro atoms. The minimum absolute atomic E-state index is 0.0118. The van der Waals surface area contributed by atoms with Gasteiger partial charge in [0, 0.05) is 18.0 Å². The second kappa shape index (κ2) is 6.77. The Morgan fingerprint density at radius 2 is 2.26 bits per heavy atom. The summed E-state index contributed by atoms with van der Waals surface area (Å²) in [6, 6.07) is 5.14. The molecule has 1 aromatic carbocycles. The van der Waals surface area contributed by atoms with Crippen LogP contribution in [0.2, 0.25) is 0 Å². The first-order valence-corrected chi connectivity index (χ1v) is 7.12. The highest BCUT2D eigenvalue weighted by Crippen LogP contribution is 2.32. The zero-order chi connectivity index (χ0) is 13.7. The molecule has 1 atom stereocenters. The molecule has 1 aliphatic heterocycles. The topological polar surface area (TPSA) is 56.8 Å². The number of fused-ring (bicyclic) bond motifs is 1. The lowest BCUT2D eigenvalue weighted by Gasteiger charge is -2.16. The molecule has 1 aromatic rings. The summed E-state index contributed by atoms with van der Waals surface area (Å²) in [5.74, 6) is 1.14. The van der Waals surface area contributed by atoms with Crippen molar-refractivity contribution in [1.82, 2.24) is 5.32 Å². The number of methoxy groups -OCH3 is 1. The highest BCUT2D eigenvalue weighted by atomic mass is 79.9. The van der Waals surface area contributed by atoms with Gasteiger partial charge in [0.1, 0.15) is 0 Å². The molecule has 0 fully saturated rings. The average molecular weight is 330 g/mol. The van der Waals surface area contributed by atoms with Crippen LogP contribution in [0, 0.1) is 0 Å². The van der Waals surface area contributed by atoms with Crippen LogP contribution in [0.1, 0.15) is 16.8 Å². The van der Waals surface area contributed by atoms with Gasteiger partial charge in [-0.25, -0.2) is 0 Å². The number of hydrogen-bond acceptors (Lipinski definition) is 4. The highest BCUT2D eigenvalue weighted by molar-refractivity contribution is 9.09. The molecule has 0 aliphatic carbocycles. The van der Waals surface area contributed by atoms with Gasteiger partial charge >= 0.3 is 0 Å². The molecular weight excluding hydrogens is 314 g/mol. The third-order valence-electron chi connectivity index (χ3n) is 2.80. The standard InChI is InChI=1S/C13H16BrNO4/c1-17-7-10(4-5-14)15-13(16)9-2-3-11-12(6-9)19-8-18-11/h2-3,6,10H,4-5,7-8H2,1H3,(H,15,16). The number of rotatable bonds is 6. The fourth-order valence-corrected chi connectivity index (χ4v) is 2.39. The average Bonchev–Trinajstić information content (AvgIpc) is 2.86. The summed E-state index contributed by atoms with van der Waals surface area (Å²) in [6.07, 6.45) is 0.810. The van der Waals surface area contributed by atoms with E-state index in [1.165, 1.54) is 0 Å². The number of amides is 1. The second-order valence-electron chi connectivity index (χ2n) is 4.17. The quantitative estimate of drug-likeness (QED) is 0.810. The van der Waals surface area contributed by atoms with Gasteiger partial charge in [-0.2, -0.15) is 0 Å². The van der Waals surface area contributed by atoms with Crippen LogP contribution < -0.4 is 14.8 Å². The van der Waals surface area contributed by atoms with E-state index in [9.17, 15) is 4.79 Å². The van der Waals surface area contributed by atoms with Crippen LogP contribution in [0.4, 0.5) is 0 Å². The number of alkyl halides is 1. The van der Waals surface area contributed by atoms with Crippen LogP contribution in [-0.4, -0.2) is 37.8 Å². The molecule has 5 nitrogen and oxygen atoms in total. The van der Waals surface area contributed by atoms with Crippen molar-refractivity contribution in [3.05, 3.63) is 23.8 Å². The normalized spacial score (nSPS) is 14.2. The summed E-state index contributed by atoms with van der Waals surface area (Å²) in [4.78, 5) is 12.1. The van der Waals surface area contributed by atoms with Crippen LogP contribution in [0.5, 0.6) is 11.5 Å². The predicted octanol–water partition coefficient (Wildman–Crippen LogP) is 1.95. The number of nitrogens with one attached hydrogen (secondary N) is 1. The minimum Gasteiger partial charge on any atom is -0.454 e. The zero-order valence-electron chi connectivity index (χ0n) is 10.6. The van der Waals surface area contributed by atoms with Gasteiger partial charge in [0.25, 0.3) is 5.91 Å². The van der Waals surface area contributed by atoms with Crippen molar-refractivity contribution in [2.75, 3.05) is 25.8 Å². The van der Waals surface area contributed by atoms with E-state index < -0.39 is 0 Å². The molecule has 6 heteroatoms. The minimum atomic E-state index is -0.138. The first-order valence-electron chi connectivity index (χ1n) is 6.00. The lowest BCUT2D eigenvalue weighted by Crippen LogP contribution is -2.38. The monoisotopic (exact) mass is 329 g/mol. The Labute approximate surface area is 120 Å². The maximum atomic E-state index is 12.1. The van der Waals surface area contributed by atoms with E-state index >= 15 is 0 Å². The summed E-state index contributed by atoms with van der Waals surface area (Å²) in [5.41, 5.74) is 0.555. The molecule has 1 unspecified atom stereocenters. The fourth-order valence-electron chi connectivity index (χ4n) is 1.84. The van der Waals surface area contributed by atoms with Gasteiger partial charge in [-0.1, -0.05) is 15.9 Å². The number of benzene rings is 1. The number of ether oxygens (including phenoxy) is 3. The van der Waals surface area contributed by atoms with Crippen LogP contribution in [-0.2, 0) is 4.74 Å². The van der Waals surface area contributed by atoms with Crippen molar-refractivity contribution in [2.45, 2.75) is 12.5 Å². The highest BCUT2D eigenvalue weighted by Gasteiger charge is 2.18. The summed E-state index contributed by atoms with van der Waals surface area (Å²) in [7, 11) is 1.62. The van der Waals surface area contributed by atoms with Crippen LogP contribution >= 0.6 is 15.9 Å². The van der Waals surface area contributed by atoms with Crippen molar-refractivity contribution >= 4 is 21.8 Å². The van der Waals surface area contributed by atoms with Crippen molar-refractivity contribution in [2.24, 2.45) is 0 Å². The number of carbonyl (C=O) groups is 1. The second-order valence-corrected chi connectivity index (χ2v) is 4.96. The van der Waals surface area contributed by atoms with E-state index in [-0.39, 0.29) is 18.7 Å². The van der Waals surface area contributed by atoms with Crippen molar-refractivity contribution < 1.29 is 19.0 Å². The fraction of sp³-hybridized carbons (Fsp3) is 0.462. The van der Waals surface area contributed by atoms with Gasteiger partial charge in [-0.3, -0.25) is 4.79 Å². The molecule has 1 N–H and O–H groups in total. The van der Waals surface area contributed by atoms with Gasteiger partial charge in [0.2, 0.25) is 6.79 Å². The van der Waals surface area contributed by atoms with E-state index in [1.807, 2.05) is 0 Å². The largest absolute Gasteiger partial charge is 0.454 e. The first kappa shape index (κ1) is 14.1. The maximum absolute atomic E-state index is 12.1. The Kier molecular flexibility index (Phi) is 5.04. The summed E-state index contributed by atoms with van der Waals surface area (Å²) < 4.78 is 15.6. The molecule has 2 rings (SSSR count). The smallest absolute Gasteiger partial charge is 0.251 e. The Morgan fingerprint density at radius 1 is 1.47 bits per heavy atom. The molecular formula is C13H16BrNO4. The summed E-state index contributed by atoms with van der Waals surface area (Å²) >= 11 is 3.36. The first-order chi connectivity index (χ1) is 9.24. The van der Waals surface area contributed by atoms with Crippen LogP contribution in [0.15, 0.2) is 18.2 Å². The molecule has 1 aliphatic rings. The number of carbonyl (C=O) groups excluding carboxylic acids is 1. The lowest BCUT2D eigenvalue weighted by molar-refractivity contribution is 0.0895. The molecule has 0 bridgehead atoms. The van der Waals surface area contributed by atoms with E-state index in [0.29, 0.717) is 23.7 Å².